The van der Waals surface area contributed by atoms with Crippen molar-refractivity contribution < 1.29 is 28.2 Å². The fraction of sp³-hybridized carbons (Fsp3) is 0.312. The molecule has 3 N–H and O–H groups in total. The molecule has 46 heavy (non-hydrogen) atoms. The predicted molar refractivity (Wildman–Crippen MR) is 170 cm³/mol. The third kappa shape index (κ3) is 6.94. The third-order valence-corrected chi connectivity index (χ3v) is 7.93. The summed E-state index contributed by atoms with van der Waals surface area (Å²) < 4.78 is 26.5. The summed E-state index contributed by atoms with van der Waals surface area (Å²) in [7, 11) is 1.26. The monoisotopic (exact) mass is 649 g/mol. The van der Waals surface area contributed by atoms with E-state index >= 15 is 0 Å². The molecule has 4 aromatic rings. The van der Waals surface area contributed by atoms with Crippen molar-refractivity contribution in [2.75, 3.05) is 24.4 Å². The van der Waals surface area contributed by atoms with E-state index in [2.05, 4.69) is 26.3 Å². The lowest BCUT2D eigenvalue weighted by Crippen LogP contribution is -2.30. The summed E-state index contributed by atoms with van der Waals surface area (Å²) in [5.41, 5.74) is 3.13. The molecule has 0 radical (unpaired) electrons. The maximum atomic E-state index is 14.8. The van der Waals surface area contributed by atoms with E-state index in [1.165, 1.54) is 23.9 Å². The Morgan fingerprint density at radius 3 is 2.74 bits per heavy atom. The number of carbonyl (C=O) groups is 3. The van der Waals surface area contributed by atoms with Crippen molar-refractivity contribution in [2.45, 2.75) is 46.1 Å². The Morgan fingerprint density at radius 1 is 1.17 bits per heavy atom. The molecule has 1 aliphatic rings. The summed E-state index contributed by atoms with van der Waals surface area (Å²) in [5.74, 6) is -1.44. The highest BCUT2D eigenvalue weighted by Crippen LogP contribution is 2.36. The number of nitrogens with zero attached hydrogens (tertiary/aromatic N) is 4. The smallest absolute Gasteiger partial charge is 0.411 e. The molecule has 0 fully saturated rings. The van der Waals surface area contributed by atoms with Crippen LogP contribution in [0.25, 0.3) is 16.8 Å². The van der Waals surface area contributed by atoms with Crippen LogP contribution >= 0.6 is 11.6 Å². The molecule has 2 aromatic carbocycles. The van der Waals surface area contributed by atoms with Crippen molar-refractivity contribution in [1.29, 1.82) is 0 Å². The third-order valence-electron chi connectivity index (χ3n) is 7.64. The van der Waals surface area contributed by atoms with Gasteiger partial charge in [-0.05, 0) is 62.6 Å². The van der Waals surface area contributed by atoms with Crippen LogP contribution < -0.4 is 20.7 Å². The van der Waals surface area contributed by atoms with Gasteiger partial charge in [0.05, 0.1) is 41.9 Å². The summed E-state index contributed by atoms with van der Waals surface area (Å²) in [6.45, 7) is 5.62. The first-order valence-corrected chi connectivity index (χ1v) is 15.1. The van der Waals surface area contributed by atoms with Gasteiger partial charge in [0.25, 0.3) is 5.91 Å². The van der Waals surface area contributed by atoms with Crippen molar-refractivity contribution in [3.8, 4) is 22.7 Å². The van der Waals surface area contributed by atoms with E-state index in [0.717, 1.165) is 0 Å². The molecule has 0 spiro atoms. The molecule has 240 valence electrons. The Balaban J connectivity index is 1.55. The normalized spacial score (nSPS) is 16.3. The van der Waals surface area contributed by atoms with Gasteiger partial charge in [0, 0.05) is 23.2 Å². The minimum absolute atomic E-state index is 0.00963. The SMILES string of the molecule is CCOc1cc2cc(n1)[C@@H](NC(=O)c1nnn(-c3cccc(Cl)c3F)c1C)CCC[C@@H](C)C(=O)Nc1cc(NC(=O)OC)ccc1-2. The number of carbonyl (C=O) groups excluding carboxylic acids is 3. The number of ether oxygens (including phenoxy) is 2. The minimum Gasteiger partial charge on any atom is -0.478 e. The van der Waals surface area contributed by atoms with Crippen molar-refractivity contribution in [3.05, 3.63) is 76.5 Å². The fourth-order valence-electron chi connectivity index (χ4n) is 5.19. The Hall–Kier alpha value is -5.04. The highest BCUT2D eigenvalue weighted by atomic mass is 35.5. The molecule has 2 atom stereocenters. The second-order valence-electron chi connectivity index (χ2n) is 10.8. The van der Waals surface area contributed by atoms with E-state index < -0.39 is 23.9 Å². The largest absolute Gasteiger partial charge is 0.478 e. The van der Waals surface area contributed by atoms with E-state index in [0.29, 0.717) is 65.6 Å². The van der Waals surface area contributed by atoms with Gasteiger partial charge in [-0.25, -0.2) is 18.9 Å². The molecule has 1 aliphatic heterocycles. The molecule has 0 saturated heterocycles. The van der Waals surface area contributed by atoms with Gasteiger partial charge in [-0.15, -0.1) is 5.10 Å². The molecule has 2 aromatic heterocycles. The first-order valence-electron chi connectivity index (χ1n) is 14.7. The van der Waals surface area contributed by atoms with Crippen LogP contribution in [0.5, 0.6) is 5.88 Å². The van der Waals surface area contributed by atoms with E-state index in [4.69, 9.17) is 26.1 Å². The zero-order chi connectivity index (χ0) is 33.0. The van der Waals surface area contributed by atoms with Crippen LogP contribution in [0.3, 0.4) is 0 Å². The standard InChI is InChI=1S/C32H33ClFN7O5/c1-5-46-27-15-19-14-25(36-27)23(37-31(43)29-18(3)41(40-39-29)26-11-7-9-22(33)28(26)34)10-6-8-17(2)30(42)38-24-16-20(12-13-21(19)24)35-32(44)45-4/h7,9,11-17,23H,5-6,8,10H2,1-4H3,(H,35,44)(H,37,43)(H,38,42)/t17-,23+/m1/s1. The predicted octanol–water partition coefficient (Wildman–Crippen LogP) is 6.24. The minimum atomic E-state index is -0.681. The number of hydrogen-bond donors (Lipinski definition) is 3. The summed E-state index contributed by atoms with van der Waals surface area (Å²) >= 11 is 5.96. The highest BCUT2D eigenvalue weighted by Gasteiger charge is 2.26. The van der Waals surface area contributed by atoms with Crippen molar-refractivity contribution in [2.24, 2.45) is 5.92 Å². The number of benzene rings is 2. The zero-order valence-electron chi connectivity index (χ0n) is 25.7. The average molecular weight is 650 g/mol. The number of anilines is 2. The molecule has 0 unspecified atom stereocenters. The number of halogens is 2. The van der Waals surface area contributed by atoms with Gasteiger partial charge < -0.3 is 20.1 Å². The number of amides is 3. The second kappa shape index (κ2) is 13.9. The van der Waals surface area contributed by atoms with Crippen LogP contribution in [-0.4, -0.2) is 51.6 Å². The summed E-state index contributed by atoms with van der Waals surface area (Å²) in [4.78, 5) is 43.5. The molecule has 3 amide bonds. The van der Waals surface area contributed by atoms with Gasteiger partial charge in [-0.1, -0.05) is 42.3 Å². The molecular weight excluding hydrogens is 617 g/mol. The van der Waals surface area contributed by atoms with Gasteiger partial charge in [-0.3, -0.25) is 14.9 Å². The van der Waals surface area contributed by atoms with Crippen molar-refractivity contribution in [3.63, 3.8) is 0 Å². The lowest BCUT2D eigenvalue weighted by atomic mass is 9.95. The molecule has 5 rings (SSSR count). The molecular formula is C32H33ClFN7O5. The average Bonchev–Trinajstić information content (AvgIpc) is 3.42. The van der Waals surface area contributed by atoms with Crippen LogP contribution in [0.15, 0.2) is 48.5 Å². The molecule has 3 heterocycles. The topological polar surface area (TPSA) is 149 Å². The van der Waals surface area contributed by atoms with Gasteiger partial charge >= 0.3 is 6.09 Å². The Labute approximate surface area is 269 Å². The van der Waals surface area contributed by atoms with Crippen molar-refractivity contribution >= 4 is 40.9 Å². The van der Waals surface area contributed by atoms with E-state index in [1.54, 1.807) is 37.3 Å². The fourth-order valence-corrected chi connectivity index (χ4v) is 5.36. The number of hydrogen-bond acceptors (Lipinski definition) is 8. The Morgan fingerprint density at radius 2 is 1.98 bits per heavy atom. The molecule has 12 nitrogen and oxygen atoms in total. The van der Waals surface area contributed by atoms with Crippen molar-refractivity contribution in [1.82, 2.24) is 25.3 Å². The summed E-state index contributed by atoms with van der Waals surface area (Å²) in [6.07, 6.45) is 0.904. The molecule has 0 aliphatic carbocycles. The quantitative estimate of drug-likeness (QED) is 0.222. The maximum absolute atomic E-state index is 14.8. The number of aromatic nitrogens is 4. The van der Waals surface area contributed by atoms with Crippen LogP contribution in [-0.2, 0) is 9.53 Å². The number of rotatable bonds is 6. The lowest BCUT2D eigenvalue weighted by Gasteiger charge is -2.23. The summed E-state index contributed by atoms with van der Waals surface area (Å²) in [6, 6.07) is 12.6. The van der Waals surface area contributed by atoms with E-state index in [9.17, 15) is 18.8 Å². The number of pyridine rings is 1. The number of fused-ring (bicyclic) bond motifs is 4. The van der Waals surface area contributed by atoms with Gasteiger partial charge in [-0.2, -0.15) is 0 Å². The van der Waals surface area contributed by atoms with Crippen LogP contribution in [0, 0.1) is 18.7 Å². The van der Waals surface area contributed by atoms with E-state index in [1.807, 2.05) is 19.9 Å². The van der Waals surface area contributed by atoms with Crippen LogP contribution in [0.4, 0.5) is 20.6 Å². The molecule has 2 bridgehead atoms. The molecule has 14 heteroatoms. The first-order chi connectivity index (χ1) is 22.1. The molecule has 0 saturated carbocycles. The highest BCUT2D eigenvalue weighted by molar-refractivity contribution is 6.30. The number of methoxy groups -OCH3 is 1. The van der Waals surface area contributed by atoms with Gasteiger partial charge in [0.15, 0.2) is 11.5 Å². The van der Waals surface area contributed by atoms with Crippen LogP contribution in [0.1, 0.15) is 61.0 Å². The Kier molecular flexibility index (Phi) is 9.81. The van der Waals surface area contributed by atoms with Crippen LogP contribution in [0.2, 0.25) is 5.02 Å². The Bertz CT molecular complexity index is 1800. The first kappa shape index (κ1) is 32.4. The van der Waals surface area contributed by atoms with Gasteiger partial charge in [0.1, 0.15) is 5.69 Å². The number of nitrogens with one attached hydrogen (secondary N) is 3. The van der Waals surface area contributed by atoms with E-state index in [-0.39, 0.29) is 28.2 Å². The zero-order valence-corrected chi connectivity index (χ0v) is 26.4. The lowest BCUT2D eigenvalue weighted by molar-refractivity contribution is -0.119. The maximum Gasteiger partial charge on any atom is 0.411 e. The van der Waals surface area contributed by atoms with Gasteiger partial charge in [0.2, 0.25) is 11.8 Å². The second-order valence-corrected chi connectivity index (χ2v) is 11.2. The summed E-state index contributed by atoms with van der Waals surface area (Å²) in [5, 5.41) is 16.6.